The Kier molecular flexibility index (Phi) is 6.88. The molecule has 1 atom stereocenters. The Bertz CT molecular complexity index is 644. The Morgan fingerprint density at radius 3 is 2.67 bits per heavy atom. The first-order valence-corrected chi connectivity index (χ1v) is 10.2. The van der Waals surface area contributed by atoms with E-state index in [0.29, 0.717) is 25.4 Å². The van der Waals surface area contributed by atoms with E-state index in [9.17, 15) is 9.59 Å². The number of nitrogens with one attached hydrogen (secondary N) is 1. The van der Waals surface area contributed by atoms with Gasteiger partial charge in [-0.25, -0.2) is 0 Å². The maximum absolute atomic E-state index is 12.5. The third kappa shape index (κ3) is 5.79. The molecule has 2 fully saturated rings. The third-order valence-electron chi connectivity index (χ3n) is 5.69. The van der Waals surface area contributed by atoms with Crippen molar-refractivity contribution < 1.29 is 14.3 Å². The molecule has 0 aliphatic carbocycles. The van der Waals surface area contributed by atoms with E-state index in [1.54, 1.807) is 4.68 Å². The SMILES string of the molecule is Cc1cc(C)n(CC(=O)N2CCC(CCC(=O)NC[C@H]3CCCO3)CC2)n1. The molecule has 0 saturated carbocycles. The number of likely N-dealkylation sites (tertiary alicyclic amines) is 1. The van der Waals surface area contributed by atoms with Gasteiger partial charge in [-0.3, -0.25) is 14.3 Å². The zero-order valence-electron chi connectivity index (χ0n) is 16.6. The van der Waals surface area contributed by atoms with Crippen molar-refractivity contribution in [2.24, 2.45) is 5.92 Å². The molecular weight excluding hydrogens is 344 g/mol. The van der Waals surface area contributed by atoms with Crippen LogP contribution in [0.1, 0.15) is 49.9 Å². The molecule has 7 heteroatoms. The second kappa shape index (κ2) is 9.35. The molecule has 2 amide bonds. The largest absolute Gasteiger partial charge is 0.376 e. The number of hydrogen-bond donors (Lipinski definition) is 1. The first-order chi connectivity index (χ1) is 13.0. The minimum absolute atomic E-state index is 0.119. The van der Waals surface area contributed by atoms with Crippen molar-refractivity contribution in [3.63, 3.8) is 0 Å². The average Bonchev–Trinajstić information content (AvgIpc) is 3.28. The van der Waals surface area contributed by atoms with Crippen molar-refractivity contribution in [1.29, 1.82) is 0 Å². The molecule has 2 saturated heterocycles. The molecule has 150 valence electrons. The van der Waals surface area contributed by atoms with Crippen LogP contribution in [-0.4, -0.2) is 58.8 Å². The van der Waals surface area contributed by atoms with Crippen LogP contribution in [0.5, 0.6) is 0 Å². The van der Waals surface area contributed by atoms with Gasteiger partial charge in [0.05, 0.1) is 11.8 Å². The van der Waals surface area contributed by atoms with Crippen LogP contribution in [0.2, 0.25) is 0 Å². The maximum Gasteiger partial charge on any atom is 0.244 e. The minimum atomic E-state index is 0.119. The molecule has 2 aliphatic heterocycles. The highest BCUT2D eigenvalue weighted by Gasteiger charge is 2.24. The highest BCUT2D eigenvalue weighted by Crippen LogP contribution is 2.22. The predicted molar refractivity (Wildman–Crippen MR) is 102 cm³/mol. The smallest absolute Gasteiger partial charge is 0.244 e. The summed E-state index contributed by atoms with van der Waals surface area (Å²) in [4.78, 5) is 26.4. The minimum Gasteiger partial charge on any atom is -0.376 e. The van der Waals surface area contributed by atoms with Gasteiger partial charge in [-0.2, -0.15) is 5.10 Å². The van der Waals surface area contributed by atoms with Crippen molar-refractivity contribution in [2.45, 2.75) is 65.0 Å². The highest BCUT2D eigenvalue weighted by atomic mass is 16.5. The second-order valence-corrected chi connectivity index (χ2v) is 7.89. The number of aryl methyl sites for hydroxylation is 2. The van der Waals surface area contributed by atoms with Gasteiger partial charge in [0.1, 0.15) is 6.54 Å². The topological polar surface area (TPSA) is 76.5 Å². The molecule has 0 unspecified atom stereocenters. The number of amides is 2. The van der Waals surface area contributed by atoms with E-state index in [-0.39, 0.29) is 17.9 Å². The lowest BCUT2D eigenvalue weighted by Gasteiger charge is -2.32. The molecule has 0 spiro atoms. The fraction of sp³-hybridized carbons (Fsp3) is 0.750. The molecule has 2 aliphatic rings. The summed E-state index contributed by atoms with van der Waals surface area (Å²) in [7, 11) is 0. The second-order valence-electron chi connectivity index (χ2n) is 7.89. The van der Waals surface area contributed by atoms with Crippen molar-refractivity contribution in [1.82, 2.24) is 20.0 Å². The number of aromatic nitrogens is 2. The van der Waals surface area contributed by atoms with E-state index in [0.717, 1.165) is 63.2 Å². The number of ether oxygens (including phenoxy) is 1. The van der Waals surface area contributed by atoms with Gasteiger partial charge in [0.2, 0.25) is 11.8 Å². The fourth-order valence-corrected chi connectivity index (χ4v) is 3.99. The molecule has 27 heavy (non-hydrogen) atoms. The monoisotopic (exact) mass is 376 g/mol. The van der Waals surface area contributed by atoms with Gasteiger partial charge < -0.3 is 15.0 Å². The Labute approximate surface area is 161 Å². The van der Waals surface area contributed by atoms with Gasteiger partial charge in [0, 0.05) is 38.4 Å². The molecule has 1 N–H and O–H groups in total. The van der Waals surface area contributed by atoms with Crippen LogP contribution in [-0.2, 0) is 20.9 Å². The third-order valence-corrected chi connectivity index (χ3v) is 5.69. The summed E-state index contributed by atoms with van der Waals surface area (Å²) in [6.07, 6.45) is 5.75. The van der Waals surface area contributed by atoms with Gasteiger partial charge in [0.25, 0.3) is 0 Å². The number of nitrogens with zero attached hydrogens (tertiary/aromatic N) is 3. The molecule has 3 rings (SSSR count). The Balaban J connectivity index is 1.33. The Morgan fingerprint density at radius 1 is 1.26 bits per heavy atom. The van der Waals surface area contributed by atoms with Crippen molar-refractivity contribution in [3.05, 3.63) is 17.5 Å². The normalized spacial score (nSPS) is 20.8. The number of piperidine rings is 1. The Morgan fingerprint density at radius 2 is 2.04 bits per heavy atom. The lowest BCUT2D eigenvalue weighted by Crippen LogP contribution is -2.40. The summed E-state index contributed by atoms with van der Waals surface area (Å²) in [5.74, 6) is 0.777. The van der Waals surface area contributed by atoms with Crippen molar-refractivity contribution in [3.8, 4) is 0 Å². The van der Waals surface area contributed by atoms with E-state index in [4.69, 9.17) is 4.74 Å². The summed E-state index contributed by atoms with van der Waals surface area (Å²) in [6.45, 7) is 7.24. The van der Waals surface area contributed by atoms with Gasteiger partial charge in [-0.1, -0.05) is 0 Å². The van der Waals surface area contributed by atoms with Gasteiger partial charge in [-0.15, -0.1) is 0 Å². The molecule has 0 radical (unpaired) electrons. The van der Waals surface area contributed by atoms with Crippen LogP contribution < -0.4 is 5.32 Å². The molecule has 1 aromatic heterocycles. The van der Waals surface area contributed by atoms with Crippen LogP contribution in [0.25, 0.3) is 0 Å². The van der Waals surface area contributed by atoms with E-state index >= 15 is 0 Å². The van der Waals surface area contributed by atoms with Crippen LogP contribution in [0.15, 0.2) is 6.07 Å². The van der Waals surface area contributed by atoms with Crippen molar-refractivity contribution in [2.75, 3.05) is 26.2 Å². The van der Waals surface area contributed by atoms with E-state index in [2.05, 4.69) is 10.4 Å². The summed E-state index contributed by atoms with van der Waals surface area (Å²) in [5, 5.41) is 7.36. The molecule has 0 aromatic carbocycles. The standard InChI is InChI=1S/C20H32N4O3/c1-15-12-16(2)24(22-15)14-20(26)23-9-7-17(8-10-23)5-6-19(25)21-13-18-4-3-11-27-18/h12,17-18H,3-11,13-14H2,1-2H3,(H,21,25)/t18-/m1/s1. The Hall–Kier alpha value is -1.89. The lowest BCUT2D eigenvalue weighted by atomic mass is 9.92. The maximum atomic E-state index is 12.5. The first kappa shape index (κ1) is 19.9. The van der Waals surface area contributed by atoms with Crippen LogP contribution in [0.3, 0.4) is 0 Å². The summed E-state index contributed by atoms with van der Waals surface area (Å²) < 4.78 is 7.30. The summed E-state index contributed by atoms with van der Waals surface area (Å²) in [5.41, 5.74) is 1.96. The van der Waals surface area contributed by atoms with Crippen LogP contribution in [0.4, 0.5) is 0 Å². The quantitative estimate of drug-likeness (QED) is 0.787. The molecule has 1 aromatic rings. The lowest BCUT2D eigenvalue weighted by molar-refractivity contribution is -0.133. The van der Waals surface area contributed by atoms with Crippen molar-refractivity contribution >= 4 is 11.8 Å². The van der Waals surface area contributed by atoms with E-state index in [1.807, 2.05) is 24.8 Å². The predicted octanol–water partition coefficient (Wildman–Crippen LogP) is 1.81. The summed E-state index contributed by atoms with van der Waals surface area (Å²) >= 11 is 0. The molecular formula is C20H32N4O3. The van der Waals surface area contributed by atoms with Crippen LogP contribution >= 0.6 is 0 Å². The summed E-state index contributed by atoms with van der Waals surface area (Å²) in [6, 6.07) is 1.99. The number of hydrogen-bond acceptors (Lipinski definition) is 4. The van der Waals surface area contributed by atoms with Gasteiger partial charge in [-0.05, 0) is 57.9 Å². The van der Waals surface area contributed by atoms with E-state index < -0.39 is 0 Å². The van der Waals surface area contributed by atoms with Gasteiger partial charge >= 0.3 is 0 Å². The molecule has 0 bridgehead atoms. The molecule has 7 nitrogen and oxygen atoms in total. The number of carbonyl (C=O) groups is 2. The van der Waals surface area contributed by atoms with Crippen LogP contribution in [0, 0.1) is 19.8 Å². The van der Waals surface area contributed by atoms with Gasteiger partial charge in [0.15, 0.2) is 0 Å². The number of rotatable bonds is 7. The average molecular weight is 377 g/mol. The zero-order valence-corrected chi connectivity index (χ0v) is 16.6. The number of carbonyl (C=O) groups excluding carboxylic acids is 2. The first-order valence-electron chi connectivity index (χ1n) is 10.2. The zero-order chi connectivity index (χ0) is 19.2. The molecule has 3 heterocycles. The van der Waals surface area contributed by atoms with E-state index in [1.165, 1.54) is 0 Å². The highest BCUT2D eigenvalue weighted by molar-refractivity contribution is 5.76. The fourth-order valence-electron chi connectivity index (χ4n) is 3.99.